The third kappa shape index (κ3) is 3.38. The van der Waals surface area contributed by atoms with E-state index in [-0.39, 0.29) is 5.92 Å². The highest BCUT2D eigenvalue weighted by molar-refractivity contribution is 9.11. The van der Waals surface area contributed by atoms with Crippen molar-refractivity contribution in [1.82, 2.24) is 10.2 Å². The van der Waals surface area contributed by atoms with Gasteiger partial charge in [0.2, 0.25) is 5.91 Å². The highest BCUT2D eigenvalue weighted by Gasteiger charge is 2.36. The van der Waals surface area contributed by atoms with Crippen LogP contribution in [0.2, 0.25) is 0 Å². The van der Waals surface area contributed by atoms with E-state index >= 15 is 0 Å². The lowest BCUT2D eigenvalue weighted by Gasteiger charge is -2.29. The normalized spacial score (nSPS) is 20.5. The minimum absolute atomic E-state index is 0.240. The van der Waals surface area contributed by atoms with Crippen LogP contribution in [0.1, 0.15) is 31.2 Å². The van der Waals surface area contributed by atoms with Gasteiger partial charge in [-0.2, -0.15) is 0 Å². The number of hydrogen-bond acceptors (Lipinski definition) is 3. The Balaban J connectivity index is 1.67. The summed E-state index contributed by atoms with van der Waals surface area (Å²) in [7, 11) is 0. The van der Waals surface area contributed by atoms with Crippen molar-refractivity contribution in [3.8, 4) is 0 Å². The predicted molar refractivity (Wildman–Crippen MR) is 81.2 cm³/mol. The number of nitrogens with zero attached hydrogens (tertiary/aromatic N) is 1. The van der Waals surface area contributed by atoms with Crippen molar-refractivity contribution in [1.29, 1.82) is 0 Å². The van der Waals surface area contributed by atoms with Gasteiger partial charge in [0.15, 0.2) is 0 Å². The summed E-state index contributed by atoms with van der Waals surface area (Å²) < 4.78 is 1.15. The summed E-state index contributed by atoms with van der Waals surface area (Å²) >= 11 is 5.19. The minimum Gasteiger partial charge on any atom is -0.335 e. The molecule has 104 valence electrons. The Hall–Kier alpha value is -0.390. The fraction of sp³-hybridized carbons (Fsp3) is 0.643. The number of thiophene rings is 1. The third-order valence-corrected chi connectivity index (χ3v) is 5.49. The van der Waals surface area contributed by atoms with Crippen LogP contribution in [0.15, 0.2) is 15.2 Å². The van der Waals surface area contributed by atoms with Gasteiger partial charge >= 0.3 is 0 Å². The molecule has 1 aromatic heterocycles. The number of carbonyl (C=O) groups is 1. The smallest absolute Gasteiger partial charge is 0.226 e. The lowest BCUT2D eigenvalue weighted by atomic mass is 9.96. The van der Waals surface area contributed by atoms with Crippen LogP contribution in [0, 0.1) is 5.92 Å². The quantitative estimate of drug-likeness (QED) is 0.912. The van der Waals surface area contributed by atoms with Crippen molar-refractivity contribution in [2.75, 3.05) is 13.1 Å². The molecule has 0 atom stereocenters. The molecule has 2 aliphatic rings. The summed E-state index contributed by atoms with van der Waals surface area (Å²) in [6.45, 7) is 2.76. The molecule has 0 aromatic carbocycles. The van der Waals surface area contributed by atoms with Crippen LogP contribution in [-0.2, 0) is 11.3 Å². The van der Waals surface area contributed by atoms with Crippen molar-refractivity contribution >= 4 is 33.2 Å². The van der Waals surface area contributed by atoms with E-state index in [1.807, 2.05) is 0 Å². The fourth-order valence-electron chi connectivity index (χ4n) is 2.70. The molecule has 2 fully saturated rings. The van der Waals surface area contributed by atoms with Gasteiger partial charge < -0.3 is 10.2 Å². The molecule has 0 unspecified atom stereocenters. The summed E-state index contributed by atoms with van der Waals surface area (Å²) in [5.74, 6) is 0.621. The maximum absolute atomic E-state index is 12.7. The molecule has 3 nitrogen and oxygen atoms in total. The second-order valence-corrected chi connectivity index (χ2v) is 7.77. The van der Waals surface area contributed by atoms with E-state index in [1.165, 1.54) is 18.4 Å². The first-order valence-corrected chi connectivity index (χ1v) is 8.65. The molecule has 1 aromatic rings. The average Bonchev–Trinajstić information content (AvgIpc) is 3.20. The zero-order valence-corrected chi connectivity index (χ0v) is 13.3. The molecule has 0 spiro atoms. The third-order valence-electron chi connectivity index (χ3n) is 3.93. The first-order valence-electron chi connectivity index (χ1n) is 6.98. The second kappa shape index (κ2) is 5.94. The summed E-state index contributed by atoms with van der Waals surface area (Å²) in [5, 5.41) is 5.48. The number of piperidine rings is 1. The Kier molecular flexibility index (Phi) is 4.24. The van der Waals surface area contributed by atoms with Gasteiger partial charge in [-0.1, -0.05) is 0 Å². The van der Waals surface area contributed by atoms with Gasteiger partial charge in [0.1, 0.15) is 0 Å². The Morgan fingerprint density at radius 1 is 1.37 bits per heavy atom. The van der Waals surface area contributed by atoms with E-state index in [1.54, 1.807) is 11.3 Å². The van der Waals surface area contributed by atoms with E-state index in [9.17, 15) is 4.79 Å². The molecule has 5 heteroatoms. The van der Waals surface area contributed by atoms with E-state index in [0.717, 1.165) is 36.3 Å². The lowest BCUT2D eigenvalue weighted by Crippen LogP contribution is -2.41. The van der Waals surface area contributed by atoms with Gasteiger partial charge in [0.05, 0.1) is 3.79 Å². The van der Waals surface area contributed by atoms with E-state index < -0.39 is 0 Å². The van der Waals surface area contributed by atoms with E-state index in [4.69, 9.17) is 0 Å². The van der Waals surface area contributed by atoms with Crippen LogP contribution < -0.4 is 5.32 Å². The molecule has 1 saturated heterocycles. The highest BCUT2D eigenvalue weighted by Crippen LogP contribution is 2.32. The molecule has 1 aliphatic heterocycles. The fourth-order valence-corrected chi connectivity index (χ4v) is 3.90. The Morgan fingerprint density at radius 2 is 2.11 bits per heavy atom. The molecular weight excluding hydrogens is 324 g/mol. The minimum atomic E-state index is 0.240. The summed E-state index contributed by atoms with van der Waals surface area (Å²) in [4.78, 5) is 14.8. The monoisotopic (exact) mass is 342 g/mol. The number of rotatable bonds is 4. The first-order chi connectivity index (χ1) is 9.24. The molecule has 1 aliphatic carbocycles. The molecule has 1 N–H and O–H groups in total. The zero-order valence-electron chi connectivity index (χ0n) is 10.9. The highest BCUT2D eigenvalue weighted by atomic mass is 79.9. The average molecular weight is 343 g/mol. The number of halogens is 1. The van der Waals surface area contributed by atoms with Gasteiger partial charge in [-0.25, -0.2) is 0 Å². The molecule has 1 saturated carbocycles. The standard InChI is InChI=1S/C14H19BrN2OS/c15-13-7-10(9-19-13)8-17(12-1-2-12)14(18)11-3-5-16-6-4-11/h7,9,11-12,16H,1-6,8H2. The van der Waals surface area contributed by atoms with Crippen LogP contribution >= 0.6 is 27.3 Å². The zero-order chi connectivity index (χ0) is 13.2. The second-order valence-electron chi connectivity index (χ2n) is 5.48. The molecule has 1 amide bonds. The predicted octanol–water partition coefficient (Wildman–Crippen LogP) is 3.00. The van der Waals surface area contributed by atoms with E-state index in [0.29, 0.717) is 11.9 Å². The molecule has 0 radical (unpaired) electrons. The van der Waals surface area contributed by atoms with Crippen LogP contribution in [0.4, 0.5) is 0 Å². The maximum atomic E-state index is 12.7. The van der Waals surface area contributed by atoms with Crippen LogP contribution in [0.25, 0.3) is 0 Å². The number of nitrogens with one attached hydrogen (secondary N) is 1. The van der Waals surface area contributed by atoms with Crippen LogP contribution in [-0.4, -0.2) is 29.9 Å². The Labute approximate surface area is 126 Å². The van der Waals surface area contributed by atoms with Crippen molar-refractivity contribution < 1.29 is 4.79 Å². The molecule has 19 heavy (non-hydrogen) atoms. The first kappa shape index (κ1) is 13.6. The summed E-state index contributed by atoms with van der Waals surface area (Å²) in [6.07, 6.45) is 4.36. The summed E-state index contributed by atoms with van der Waals surface area (Å²) in [5.41, 5.74) is 1.26. The van der Waals surface area contributed by atoms with Crippen LogP contribution in [0.3, 0.4) is 0 Å². The summed E-state index contributed by atoms with van der Waals surface area (Å²) in [6, 6.07) is 2.64. The molecule has 2 heterocycles. The van der Waals surface area contributed by atoms with Crippen molar-refractivity contribution in [3.05, 3.63) is 20.8 Å². The van der Waals surface area contributed by atoms with Gasteiger partial charge in [-0.3, -0.25) is 4.79 Å². The van der Waals surface area contributed by atoms with Crippen molar-refractivity contribution in [2.45, 2.75) is 38.3 Å². The number of carbonyl (C=O) groups excluding carboxylic acids is 1. The van der Waals surface area contributed by atoms with Crippen LogP contribution in [0.5, 0.6) is 0 Å². The van der Waals surface area contributed by atoms with Gasteiger partial charge in [-0.05, 0) is 71.7 Å². The maximum Gasteiger partial charge on any atom is 0.226 e. The van der Waals surface area contributed by atoms with E-state index in [2.05, 4.69) is 37.6 Å². The van der Waals surface area contributed by atoms with Gasteiger partial charge in [0, 0.05) is 18.5 Å². The molecule has 0 bridgehead atoms. The van der Waals surface area contributed by atoms with Gasteiger partial charge in [-0.15, -0.1) is 11.3 Å². The molecular formula is C14H19BrN2OS. The Bertz CT molecular complexity index is 452. The number of amides is 1. The Morgan fingerprint density at radius 3 is 2.68 bits per heavy atom. The van der Waals surface area contributed by atoms with Crippen molar-refractivity contribution in [2.24, 2.45) is 5.92 Å². The lowest BCUT2D eigenvalue weighted by molar-refractivity contribution is -0.137. The van der Waals surface area contributed by atoms with Gasteiger partial charge in [0.25, 0.3) is 0 Å². The SMILES string of the molecule is O=C(C1CCNCC1)N(Cc1csc(Br)c1)C1CC1. The largest absolute Gasteiger partial charge is 0.335 e. The number of hydrogen-bond donors (Lipinski definition) is 1. The van der Waals surface area contributed by atoms with Crippen molar-refractivity contribution in [3.63, 3.8) is 0 Å². The topological polar surface area (TPSA) is 32.3 Å². The molecule has 3 rings (SSSR count).